The number of unbranched alkanes of at least 4 members (excludes halogenated alkanes) is 32. The number of carbonyl (C=O) groups is 3. The van der Waals surface area contributed by atoms with Gasteiger partial charge in [-0.2, -0.15) is 0 Å². The first-order chi connectivity index (χ1) is 39.5. The first-order valence-corrected chi connectivity index (χ1v) is 33.9. The molecule has 0 aromatic carbocycles. The lowest BCUT2D eigenvalue weighted by atomic mass is 10.0. The fourth-order valence-corrected chi connectivity index (χ4v) is 9.45. The number of hydrogen-bond donors (Lipinski definition) is 0. The molecule has 0 rings (SSSR count). The second kappa shape index (κ2) is 67.6. The zero-order chi connectivity index (χ0) is 57.8. The van der Waals surface area contributed by atoms with Gasteiger partial charge in [0.1, 0.15) is 13.2 Å². The standard InChI is InChI=1S/C74H126O6/c1-4-7-10-13-16-19-22-25-28-29-30-31-32-33-34-35-36-37-38-39-40-41-42-43-44-45-47-49-52-55-58-61-64-67-73(76)79-70-71(69-78-72(75)66-63-60-57-54-51-48-27-24-21-18-15-12-9-6-3)80-74(77)68-65-62-59-56-53-50-46-26-23-20-17-14-11-8-5-2/h7,10,16,19,25-26,28,30-31,33-34,36-37,39-40,42-43,46,71H,4-6,8-9,11-15,17-18,20-24,27,29,32,35,38,41,44-45,47-70H2,1-3H3/b10-7-,19-16-,28-25-,31-30-,34-33-,37-36-,40-39-,43-42-,46-26-. The Morgan fingerprint density at radius 2 is 0.487 bits per heavy atom. The highest BCUT2D eigenvalue weighted by molar-refractivity contribution is 5.71. The van der Waals surface area contributed by atoms with Crippen molar-refractivity contribution in [2.24, 2.45) is 0 Å². The quantitative estimate of drug-likeness (QED) is 0.0261. The maximum Gasteiger partial charge on any atom is 0.306 e. The van der Waals surface area contributed by atoms with Gasteiger partial charge in [0.15, 0.2) is 6.10 Å². The Bertz CT molecular complexity index is 1610. The number of esters is 3. The lowest BCUT2D eigenvalue weighted by Crippen LogP contribution is -2.30. The van der Waals surface area contributed by atoms with E-state index in [9.17, 15) is 14.4 Å². The average molecular weight is 1110 g/mol. The average Bonchev–Trinajstić information content (AvgIpc) is 3.46. The van der Waals surface area contributed by atoms with Crippen molar-refractivity contribution in [1.29, 1.82) is 0 Å². The van der Waals surface area contributed by atoms with E-state index in [0.29, 0.717) is 19.3 Å². The molecule has 80 heavy (non-hydrogen) atoms. The summed E-state index contributed by atoms with van der Waals surface area (Å²) in [5.41, 5.74) is 0. The van der Waals surface area contributed by atoms with E-state index in [-0.39, 0.29) is 31.1 Å². The Labute approximate surface area is 495 Å². The molecule has 0 bridgehead atoms. The van der Waals surface area contributed by atoms with Crippen molar-refractivity contribution in [2.75, 3.05) is 13.2 Å². The highest BCUT2D eigenvalue weighted by Crippen LogP contribution is 2.16. The minimum Gasteiger partial charge on any atom is -0.462 e. The van der Waals surface area contributed by atoms with Gasteiger partial charge in [-0.25, -0.2) is 0 Å². The third kappa shape index (κ3) is 64.9. The molecule has 1 atom stereocenters. The van der Waals surface area contributed by atoms with Crippen LogP contribution in [0.5, 0.6) is 0 Å². The summed E-state index contributed by atoms with van der Waals surface area (Å²) in [6.07, 6.45) is 92.4. The monoisotopic (exact) mass is 1110 g/mol. The van der Waals surface area contributed by atoms with Gasteiger partial charge in [-0.15, -0.1) is 0 Å². The largest absolute Gasteiger partial charge is 0.462 e. The maximum atomic E-state index is 12.9. The first-order valence-electron chi connectivity index (χ1n) is 33.9. The van der Waals surface area contributed by atoms with E-state index < -0.39 is 6.10 Å². The van der Waals surface area contributed by atoms with Crippen molar-refractivity contribution < 1.29 is 28.6 Å². The SMILES string of the molecule is CC/C=C\C/C=C\C/C=C\C/C=C\C/C=C\C/C=C\C/C=C\C/C=C\CCCCCCCCCCC(=O)OCC(COC(=O)CCCCCCCCCCCCCCCC)OC(=O)CCCCCCC/C=C\CCCCCCCC. The maximum absolute atomic E-state index is 12.9. The van der Waals surface area contributed by atoms with Gasteiger partial charge in [-0.3, -0.25) is 14.4 Å². The summed E-state index contributed by atoms with van der Waals surface area (Å²) in [6, 6.07) is 0. The van der Waals surface area contributed by atoms with Crippen LogP contribution in [0.15, 0.2) is 109 Å². The zero-order valence-corrected chi connectivity index (χ0v) is 52.6. The molecule has 0 aliphatic carbocycles. The highest BCUT2D eigenvalue weighted by Gasteiger charge is 2.19. The molecule has 0 radical (unpaired) electrons. The normalized spacial score (nSPS) is 12.8. The van der Waals surface area contributed by atoms with Crippen LogP contribution in [0.25, 0.3) is 0 Å². The molecule has 0 aliphatic heterocycles. The summed E-state index contributed by atoms with van der Waals surface area (Å²) in [5.74, 6) is -0.886. The number of carbonyl (C=O) groups excluding carboxylic acids is 3. The molecule has 0 saturated carbocycles. The molecular weight excluding hydrogens is 985 g/mol. The van der Waals surface area contributed by atoms with E-state index >= 15 is 0 Å². The third-order valence-electron chi connectivity index (χ3n) is 14.5. The summed E-state index contributed by atoms with van der Waals surface area (Å²) >= 11 is 0. The summed E-state index contributed by atoms with van der Waals surface area (Å²) < 4.78 is 16.9. The van der Waals surface area contributed by atoms with Crippen molar-refractivity contribution >= 4 is 17.9 Å². The Balaban J connectivity index is 4.27. The van der Waals surface area contributed by atoms with Crippen molar-refractivity contribution in [2.45, 2.75) is 329 Å². The van der Waals surface area contributed by atoms with Crippen molar-refractivity contribution in [3.05, 3.63) is 109 Å². The molecule has 458 valence electrons. The Kier molecular flexibility index (Phi) is 64.3. The fraction of sp³-hybridized carbons (Fsp3) is 0.716. The molecule has 0 N–H and O–H groups in total. The van der Waals surface area contributed by atoms with Gasteiger partial charge in [0.25, 0.3) is 0 Å². The minimum atomic E-state index is -0.785. The molecule has 1 unspecified atom stereocenters. The Morgan fingerprint density at radius 1 is 0.263 bits per heavy atom. The molecule has 6 nitrogen and oxygen atoms in total. The Morgan fingerprint density at radius 3 is 0.775 bits per heavy atom. The van der Waals surface area contributed by atoms with Crippen molar-refractivity contribution in [3.8, 4) is 0 Å². The number of allylic oxidation sites excluding steroid dienone is 18. The lowest BCUT2D eigenvalue weighted by molar-refractivity contribution is -0.167. The van der Waals surface area contributed by atoms with E-state index in [1.807, 2.05) is 0 Å². The van der Waals surface area contributed by atoms with Gasteiger partial charge in [-0.05, 0) is 109 Å². The summed E-state index contributed by atoms with van der Waals surface area (Å²) in [4.78, 5) is 38.3. The lowest BCUT2D eigenvalue weighted by Gasteiger charge is -2.18. The second-order valence-corrected chi connectivity index (χ2v) is 22.4. The van der Waals surface area contributed by atoms with Crippen LogP contribution >= 0.6 is 0 Å². The number of rotatable bonds is 61. The van der Waals surface area contributed by atoms with Gasteiger partial charge in [0, 0.05) is 19.3 Å². The van der Waals surface area contributed by atoms with Crippen LogP contribution in [0.2, 0.25) is 0 Å². The molecule has 0 spiro atoms. The summed E-state index contributed by atoms with van der Waals surface area (Å²) in [7, 11) is 0. The van der Waals surface area contributed by atoms with E-state index in [1.165, 1.54) is 154 Å². The van der Waals surface area contributed by atoms with Crippen LogP contribution in [0.3, 0.4) is 0 Å². The fourth-order valence-electron chi connectivity index (χ4n) is 9.45. The van der Waals surface area contributed by atoms with Gasteiger partial charge in [0.05, 0.1) is 0 Å². The predicted molar refractivity (Wildman–Crippen MR) is 348 cm³/mol. The summed E-state index contributed by atoms with van der Waals surface area (Å²) in [5, 5.41) is 0. The molecule has 0 amide bonds. The third-order valence-corrected chi connectivity index (χ3v) is 14.5. The van der Waals surface area contributed by atoms with Crippen LogP contribution < -0.4 is 0 Å². The van der Waals surface area contributed by atoms with Crippen LogP contribution in [-0.4, -0.2) is 37.2 Å². The molecule has 0 saturated heterocycles. The molecule has 0 aromatic rings. The molecule has 0 heterocycles. The molecular formula is C74H126O6. The topological polar surface area (TPSA) is 78.9 Å². The zero-order valence-electron chi connectivity index (χ0n) is 52.6. The summed E-state index contributed by atoms with van der Waals surface area (Å²) in [6.45, 7) is 6.54. The predicted octanol–water partition coefficient (Wildman–Crippen LogP) is 23.4. The second-order valence-electron chi connectivity index (χ2n) is 22.4. The van der Waals surface area contributed by atoms with Crippen LogP contribution in [0.1, 0.15) is 323 Å². The van der Waals surface area contributed by atoms with Crippen molar-refractivity contribution in [3.63, 3.8) is 0 Å². The first kappa shape index (κ1) is 76.1. The number of ether oxygens (including phenoxy) is 3. The van der Waals surface area contributed by atoms with Crippen LogP contribution in [0.4, 0.5) is 0 Å². The van der Waals surface area contributed by atoms with Crippen molar-refractivity contribution in [1.82, 2.24) is 0 Å². The molecule has 0 aromatic heterocycles. The van der Waals surface area contributed by atoms with E-state index in [0.717, 1.165) is 128 Å². The van der Waals surface area contributed by atoms with Gasteiger partial charge >= 0.3 is 17.9 Å². The van der Waals surface area contributed by atoms with E-state index in [4.69, 9.17) is 14.2 Å². The molecule has 0 fully saturated rings. The minimum absolute atomic E-state index is 0.0806. The van der Waals surface area contributed by atoms with E-state index in [2.05, 4.69) is 130 Å². The molecule has 6 heteroatoms. The van der Waals surface area contributed by atoms with Crippen LogP contribution in [0, 0.1) is 0 Å². The highest BCUT2D eigenvalue weighted by atomic mass is 16.6. The van der Waals surface area contributed by atoms with E-state index in [1.54, 1.807) is 0 Å². The molecule has 0 aliphatic rings. The van der Waals surface area contributed by atoms with Gasteiger partial charge in [-0.1, -0.05) is 304 Å². The smallest absolute Gasteiger partial charge is 0.306 e. The van der Waals surface area contributed by atoms with Gasteiger partial charge < -0.3 is 14.2 Å². The number of hydrogen-bond acceptors (Lipinski definition) is 6. The Hall–Kier alpha value is -3.93. The van der Waals surface area contributed by atoms with Gasteiger partial charge in [0.2, 0.25) is 0 Å². The van der Waals surface area contributed by atoms with Crippen LogP contribution in [-0.2, 0) is 28.6 Å².